The van der Waals surface area contributed by atoms with Gasteiger partial charge in [0.05, 0.1) is 10.9 Å². The SMILES string of the molecule is O=C(NO)c1c2ccccc2nc(-c2ccccc2)[n+]1[O-]. The normalized spacial score (nSPS) is 10.5. The molecule has 0 aliphatic rings. The fourth-order valence-electron chi connectivity index (χ4n) is 2.18. The van der Waals surface area contributed by atoms with Crippen molar-refractivity contribution in [3.05, 3.63) is 65.5 Å². The molecule has 0 spiro atoms. The quantitative estimate of drug-likeness (QED) is 0.323. The van der Waals surface area contributed by atoms with E-state index in [0.717, 1.165) is 0 Å². The van der Waals surface area contributed by atoms with Crippen LogP contribution in [0.25, 0.3) is 22.3 Å². The third kappa shape index (κ3) is 2.17. The standard InChI is InChI=1S/C15H11N3O3/c19-15(17-20)13-11-8-4-5-9-12(11)16-14(18(13)21)10-6-2-1-3-7-10/h1-9,20H,(H,17,19). The Hall–Kier alpha value is -2.99. The molecule has 0 radical (unpaired) electrons. The van der Waals surface area contributed by atoms with Crippen LogP contribution in [0.1, 0.15) is 10.5 Å². The van der Waals surface area contributed by atoms with Crippen molar-refractivity contribution in [2.75, 3.05) is 0 Å². The first-order valence-corrected chi connectivity index (χ1v) is 6.24. The van der Waals surface area contributed by atoms with Gasteiger partial charge < -0.3 is 5.21 Å². The molecule has 1 heterocycles. The summed E-state index contributed by atoms with van der Waals surface area (Å²) in [4.78, 5) is 16.1. The van der Waals surface area contributed by atoms with Gasteiger partial charge in [0, 0.05) is 0 Å². The van der Waals surface area contributed by atoms with Gasteiger partial charge in [-0.2, -0.15) is 0 Å². The number of nitrogens with one attached hydrogen (secondary N) is 1. The number of fused-ring (bicyclic) bond motifs is 1. The van der Waals surface area contributed by atoms with Crippen molar-refractivity contribution in [1.82, 2.24) is 10.5 Å². The number of rotatable bonds is 2. The molecule has 6 nitrogen and oxygen atoms in total. The van der Waals surface area contributed by atoms with Gasteiger partial charge in [0.25, 0.3) is 0 Å². The van der Waals surface area contributed by atoms with Crippen molar-refractivity contribution in [1.29, 1.82) is 0 Å². The molecular weight excluding hydrogens is 270 g/mol. The van der Waals surface area contributed by atoms with Crippen molar-refractivity contribution in [3.63, 3.8) is 0 Å². The number of hydrogen-bond donors (Lipinski definition) is 2. The molecule has 0 bridgehead atoms. The monoisotopic (exact) mass is 281 g/mol. The zero-order chi connectivity index (χ0) is 14.8. The summed E-state index contributed by atoms with van der Waals surface area (Å²) in [5.74, 6) is -0.770. The summed E-state index contributed by atoms with van der Waals surface area (Å²) in [5, 5.41) is 21.7. The Morgan fingerprint density at radius 1 is 1.10 bits per heavy atom. The lowest BCUT2D eigenvalue weighted by atomic mass is 10.1. The lowest BCUT2D eigenvalue weighted by Crippen LogP contribution is -2.41. The lowest BCUT2D eigenvalue weighted by Gasteiger charge is -2.12. The van der Waals surface area contributed by atoms with E-state index in [1.807, 2.05) is 6.07 Å². The highest BCUT2D eigenvalue weighted by Crippen LogP contribution is 2.19. The number of benzene rings is 2. The Morgan fingerprint density at radius 3 is 2.48 bits per heavy atom. The van der Waals surface area contributed by atoms with Crippen LogP contribution < -0.4 is 10.2 Å². The molecule has 0 saturated carbocycles. The number of nitrogens with zero attached hydrogens (tertiary/aromatic N) is 2. The molecule has 6 heteroatoms. The highest BCUT2D eigenvalue weighted by Gasteiger charge is 2.24. The minimum absolute atomic E-state index is 0.105. The highest BCUT2D eigenvalue weighted by molar-refractivity contribution is 6.02. The fourth-order valence-corrected chi connectivity index (χ4v) is 2.18. The summed E-state index contributed by atoms with van der Waals surface area (Å²) in [6, 6.07) is 15.6. The van der Waals surface area contributed by atoms with Gasteiger partial charge in [-0.15, -0.1) is 0 Å². The number of hydroxylamine groups is 1. The van der Waals surface area contributed by atoms with E-state index >= 15 is 0 Å². The summed E-state index contributed by atoms with van der Waals surface area (Å²) < 4.78 is 0.434. The molecule has 2 aromatic carbocycles. The number of carbonyl (C=O) groups is 1. The van der Waals surface area contributed by atoms with E-state index < -0.39 is 5.91 Å². The lowest BCUT2D eigenvalue weighted by molar-refractivity contribution is -0.597. The van der Waals surface area contributed by atoms with Crippen LogP contribution in [0.15, 0.2) is 54.6 Å². The van der Waals surface area contributed by atoms with E-state index in [9.17, 15) is 10.0 Å². The molecule has 0 fully saturated rings. The molecule has 0 aliphatic carbocycles. The molecule has 1 amide bonds. The largest absolute Gasteiger partial charge is 0.710 e. The molecular formula is C15H11N3O3. The molecule has 21 heavy (non-hydrogen) atoms. The third-order valence-corrected chi connectivity index (χ3v) is 3.13. The van der Waals surface area contributed by atoms with E-state index in [1.165, 1.54) is 5.48 Å². The number of carbonyl (C=O) groups excluding carboxylic acids is 1. The molecule has 0 aliphatic heterocycles. The topological polar surface area (TPSA) is 89.2 Å². The number of para-hydroxylation sites is 1. The second-order valence-corrected chi connectivity index (χ2v) is 4.40. The van der Waals surface area contributed by atoms with Crippen LogP contribution in [0.3, 0.4) is 0 Å². The Bertz CT molecular complexity index is 819. The molecule has 3 aromatic rings. The predicted molar refractivity (Wildman–Crippen MR) is 75.4 cm³/mol. The van der Waals surface area contributed by atoms with E-state index in [-0.39, 0.29) is 11.5 Å². The first-order chi connectivity index (χ1) is 10.2. The summed E-state index contributed by atoms with van der Waals surface area (Å²) >= 11 is 0. The summed E-state index contributed by atoms with van der Waals surface area (Å²) in [7, 11) is 0. The summed E-state index contributed by atoms with van der Waals surface area (Å²) in [6.07, 6.45) is 0. The van der Waals surface area contributed by atoms with Gasteiger partial charge >= 0.3 is 11.7 Å². The summed E-state index contributed by atoms with van der Waals surface area (Å²) in [6.45, 7) is 0. The molecule has 3 rings (SSSR count). The number of aromatic nitrogens is 2. The van der Waals surface area contributed by atoms with Gasteiger partial charge in [-0.1, -0.05) is 30.3 Å². The smallest absolute Gasteiger partial charge is 0.334 e. The summed E-state index contributed by atoms with van der Waals surface area (Å²) in [5.41, 5.74) is 2.40. The number of amides is 1. The zero-order valence-electron chi connectivity index (χ0n) is 10.9. The van der Waals surface area contributed by atoms with Gasteiger partial charge in [0.15, 0.2) is 5.52 Å². The Balaban J connectivity index is 2.37. The second-order valence-electron chi connectivity index (χ2n) is 4.40. The maximum atomic E-state index is 12.5. The van der Waals surface area contributed by atoms with Gasteiger partial charge in [0.2, 0.25) is 5.69 Å². The van der Waals surface area contributed by atoms with Crippen LogP contribution in [0.2, 0.25) is 0 Å². The predicted octanol–water partition coefficient (Wildman–Crippen LogP) is 1.65. The fraction of sp³-hybridized carbons (Fsp3) is 0. The highest BCUT2D eigenvalue weighted by atomic mass is 16.5. The van der Waals surface area contributed by atoms with E-state index in [4.69, 9.17) is 5.21 Å². The van der Waals surface area contributed by atoms with E-state index in [2.05, 4.69) is 4.98 Å². The van der Waals surface area contributed by atoms with Gasteiger partial charge in [-0.05, 0) is 29.2 Å². The maximum absolute atomic E-state index is 12.5. The maximum Gasteiger partial charge on any atom is 0.334 e. The first kappa shape index (κ1) is 13.0. The van der Waals surface area contributed by atoms with Crippen molar-refractivity contribution in [2.24, 2.45) is 0 Å². The van der Waals surface area contributed by atoms with Crippen LogP contribution in [-0.4, -0.2) is 16.1 Å². The number of hydrogen-bond acceptors (Lipinski definition) is 4. The minimum atomic E-state index is -0.874. The van der Waals surface area contributed by atoms with Gasteiger partial charge in [0.1, 0.15) is 0 Å². The van der Waals surface area contributed by atoms with Crippen molar-refractivity contribution < 1.29 is 14.7 Å². The van der Waals surface area contributed by atoms with E-state index in [0.29, 0.717) is 21.2 Å². The molecule has 0 atom stereocenters. The van der Waals surface area contributed by atoms with Crippen molar-refractivity contribution in [3.8, 4) is 11.4 Å². The van der Waals surface area contributed by atoms with Crippen LogP contribution in [-0.2, 0) is 0 Å². The Morgan fingerprint density at radius 2 is 1.76 bits per heavy atom. The zero-order valence-corrected chi connectivity index (χ0v) is 10.9. The molecule has 2 N–H and O–H groups in total. The van der Waals surface area contributed by atoms with Crippen LogP contribution >= 0.6 is 0 Å². The third-order valence-electron chi connectivity index (χ3n) is 3.13. The first-order valence-electron chi connectivity index (χ1n) is 6.24. The average Bonchev–Trinajstić information content (AvgIpc) is 2.54. The van der Waals surface area contributed by atoms with Crippen molar-refractivity contribution in [2.45, 2.75) is 0 Å². The molecule has 0 saturated heterocycles. The van der Waals surface area contributed by atoms with Crippen molar-refractivity contribution >= 4 is 16.8 Å². The molecule has 0 unspecified atom stereocenters. The van der Waals surface area contributed by atoms with Crippen LogP contribution in [0, 0.1) is 5.21 Å². The minimum Gasteiger partial charge on any atom is -0.710 e. The molecule has 1 aromatic heterocycles. The average molecular weight is 281 g/mol. The van der Waals surface area contributed by atoms with Gasteiger partial charge in [-0.25, -0.2) is 10.2 Å². The molecule has 104 valence electrons. The van der Waals surface area contributed by atoms with Gasteiger partial charge in [-0.3, -0.25) is 10.0 Å². The second kappa shape index (κ2) is 5.18. The Labute approximate surface area is 119 Å². The van der Waals surface area contributed by atoms with E-state index in [1.54, 1.807) is 48.5 Å². The van der Waals surface area contributed by atoms with Crippen LogP contribution in [0.4, 0.5) is 0 Å². The Kier molecular flexibility index (Phi) is 3.21. The van der Waals surface area contributed by atoms with Crippen LogP contribution in [0.5, 0.6) is 0 Å².